The summed E-state index contributed by atoms with van der Waals surface area (Å²) >= 11 is 0. The SMILES string of the molecule is CC1COCCN1C(=O)NCC(=O)NCC(=O)O. The molecule has 8 heteroatoms. The Hall–Kier alpha value is -1.83. The van der Waals surface area contributed by atoms with Crippen LogP contribution in [0.4, 0.5) is 4.79 Å². The van der Waals surface area contributed by atoms with Crippen LogP contribution in [0.15, 0.2) is 0 Å². The minimum absolute atomic E-state index is 0.0409. The van der Waals surface area contributed by atoms with E-state index in [-0.39, 0.29) is 18.6 Å². The van der Waals surface area contributed by atoms with E-state index in [1.54, 1.807) is 4.90 Å². The minimum atomic E-state index is -1.13. The summed E-state index contributed by atoms with van der Waals surface area (Å²) in [4.78, 5) is 34.7. The minimum Gasteiger partial charge on any atom is -0.480 e. The monoisotopic (exact) mass is 259 g/mol. The second-order valence-corrected chi connectivity index (χ2v) is 3.95. The average Bonchev–Trinajstić information content (AvgIpc) is 2.34. The first kappa shape index (κ1) is 14.2. The van der Waals surface area contributed by atoms with Gasteiger partial charge in [-0.25, -0.2) is 4.79 Å². The molecule has 1 rings (SSSR count). The van der Waals surface area contributed by atoms with Gasteiger partial charge >= 0.3 is 12.0 Å². The molecule has 8 nitrogen and oxygen atoms in total. The number of nitrogens with zero attached hydrogens (tertiary/aromatic N) is 1. The summed E-state index contributed by atoms with van der Waals surface area (Å²) in [7, 11) is 0. The second kappa shape index (κ2) is 6.80. The molecule has 1 heterocycles. The normalized spacial score (nSPS) is 19.2. The molecule has 1 aliphatic rings. The van der Waals surface area contributed by atoms with Crippen LogP contribution in [0.3, 0.4) is 0 Å². The van der Waals surface area contributed by atoms with Crippen molar-refractivity contribution in [1.82, 2.24) is 15.5 Å². The topological polar surface area (TPSA) is 108 Å². The van der Waals surface area contributed by atoms with Gasteiger partial charge in [-0.3, -0.25) is 9.59 Å². The van der Waals surface area contributed by atoms with Gasteiger partial charge < -0.3 is 25.4 Å². The summed E-state index contributed by atoms with van der Waals surface area (Å²) in [6, 6.07) is -0.392. The highest BCUT2D eigenvalue weighted by Crippen LogP contribution is 2.05. The van der Waals surface area contributed by atoms with E-state index in [4.69, 9.17) is 9.84 Å². The third-order valence-corrected chi connectivity index (χ3v) is 2.47. The van der Waals surface area contributed by atoms with Crippen LogP contribution in [0.25, 0.3) is 0 Å². The van der Waals surface area contributed by atoms with E-state index in [2.05, 4.69) is 10.6 Å². The standard InChI is InChI=1S/C10H17N3O5/c1-7-6-18-3-2-13(7)10(17)12-4-8(14)11-5-9(15)16/h7H,2-6H2,1H3,(H,11,14)(H,12,17)(H,15,16). The van der Waals surface area contributed by atoms with E-state index in [9.17, 15) is 14.4 Å². The predicted molar refractivity (Wildman–Crippen MR) is 61.0 cm³/mol. The van der Waals surface area contributed by atoms with Crippen LogP contribution >= 0.6 is 0 Å². The number of morpholine rings is 1. The molecular weight excluding hydrogens is 242 g/mol. The summed E-state index contributed by atoms with van der Waals surface area (Å²) in [5.41, 5.74) is 0. The summed E-state index contributed by atoms with van der Waals surface area (Å²) in [5, 5.41) is 12.9. The van der Waals surface area contributed by atoms with Crippen LogP contribution in [0.2, 0.25) is 0 Å². The predicted octanol–water partition coefficient (Wildman–Crippen LogP) is -1.38. The van der Waals surface area contributed by atoms with Crippen molar-refractivity contribution in [3.63, 3.8) is 0 Å². The van der Waals surface area contributed by atoms with E-state index in [0.29, 0.717) is 19.8 Å². The Labute approximate surface area is 104 Å². The third kappa shape index (κ3) is 4.58. The molecule has 3 N–H and O–H groups in total. The van der Waals surface area contributed by atoms with E-state index >= 15 is 0 Å². The van der Waals surface area contributed by atoms with E-state index in [1.807, 2.05) is 6.92 Å². The Balaban J connectivity index is 2.27. The number of carbonyl (C=O) groups is 3. The van der Waals surface area contributed by atoms with Gasteiger partial charge in [0.1, 0.15) is 6.54 Å². The van der Waals surface area contributed by atoms with Crippen LogP contribution in [-0.2, 0) is 14.3 Å². The van der Waals surface area contributed by atoms with Crippen LogP contribution in [-0.4, -0.2) is 66.8 Å². The Morgan fingerprint density at radius 1 is 1.33 bits per heavy atom. The van der Waals surface area contributed by atoms with Gasteiger partial charge in [0.25, 0.3) is 0 Å². The first-order chi connectivity index (χ1) is 8.50. The molecule has 1 saturated heterocycles. The highest BCUT2D eigenvalue weighted by Gasteiger charge is 2.23. The van der Waals surface area contributed by atoms with Crippen molar-refractivity contribution in [2.45, 2.75) is 13.0 Å². The molecule has 18 heavy (non-hydrogen) atoms. The quantitative estimate of drug-likeness (QED) is 0.576. The maximum atomic E-state index is 11.7. The molecule has 0 aromatic heterocycles. The molecule has 0 aromatic rings. The number of carbonyl (C=O) groups excluding carboxylic acids is 2. The molecule has 0 spiro atoms. The zero-order valence-corrected chi connectivity index (χ0v) is 10.1. The van der Waals surface area contributed by atoms with Crippen molar-refractivity contribution in [1.29, 1.82) is 0 Å². The average molecular weight is 259 g/mol. The number of nitrogens with one attached hydrogen (secondary N) is 2. The van der Waals surface area contributed by atoms with Gasteiger partial charge in [-0.2, -0.15) is 0 Å². The summed E-state index contributed by atoms with van der Waals surface area (Å²) in [6.45, 7) is 2.58. The molecule has 0 bridgehead atoms. The molecule has 1 fully saturated rings. The van der Waals surface area contributed by atoms with Gasteiger partial charge in [-0.05, 0) is 6.92 Å². The lowest BCUT2D eigenvalue weighted by atomic mass is 10.3. The first-order valence-corrected chi connectivity index (χ1v) is 5.61. The first-order valence-electron chi connectivity index (χ1n) is 5.61. The van der Waals surface area contributed by atoms with E-state index in [1.165, 1.54) is 0 Å². The number of aliphatic carboxylic acids is 1. The number of rotatable bonds is 4. The molecular formula is C10H17N3O5. The summed E-state index contributed by atoms with van der Waals surface area (Å²) in [5.74, 6) is -1.66. The lowest BCUT2D eigenvalue weighted by molar-refractivity contribution is -0.137. The van der Waals surface area contributed by atoms with Gasteiger partial charge in [-0.1, -0.05) is 0 Å². The molecule has 102 valence electrons. The van der Waals surface area contributed by atoms with Gasteiger partial charge in [0.2, 0.25) is 5.91 Å². The van der Waals surface area contributed by atoms with Crippen LogP contribution in [0.1, 0.15) is 6.92 Å². The van der Waals surface area contributed by atoms with E-state index < -0.39 is 18.4 Å². The highest BCUT2D eigenvalue weighted by molar-refractivity contribution is 5.86. The largest absolute Gasteiger partial charge is 0.480 e. The van der Waals surface area contributed by atoms with Gasteiger partial charge in [0, 0.05) is 6.54 Å². The van der Waals surface area contributed by atoms with Gasteiger partial charge in [0.05, 0.1) is 25.8 Å². The highest BCUT2D eigenvalue weighted by atomic mass is 16.5. The summed E-state index contributed by atoms with van der Waals surface area (Å²) in [6.07, 6.45) is 0. The molecule has 1 aliphatic heterocycles. The van der Waals surface area contributed by atoms with Gasteiger partial charge in [0.15, 0.2) is 0 Å². The smallest absolute Gasteiger partial charge is 0.322 e. The molecule has 3 amide bonds. The fourth-order valence-corrected chi connectivity index (χ4v) is 1.52. The Morgan fingerprint density at radius 3 is 2.67 bits per heavy atom. The lowest BCUT2D eigenvalue weighted by Crippen LogP contribution is -2.52. The van der Waals surface area contributed by atoms with Crippen LogP contribution in [0, 0.1) is 0 Å². The number of urea groups is 1. The van der Waals surface area contributed by atoms with Crippen molar-refractivity contribution in [3.8, 4) is 0 Å². The number of ether oxygens (including phenoxy) is 1. The molecule has 1 unspecified atom stereocenters. The van der Waals surface area contributed by atoms with Crippen molar-refractivity contribution < 1.29 is 24.2 Å². The summed E-state index contributed by atoms with van der Waals surface area (Å²) < 4.78 is 5.19. The second-order valence-electron chi connectivity index (χ2n) is 3.95. The number of carboxylic acid groups (broad SMARTS) is 1. The zero-order chi connectivity index (χ0) is 13.5. The van der Waals surface area contributed by atoms with Crippen molar-refractivity contribution in [2.24, 2.45) is 0 Å². The molecule has 0 radical (unpaired) electrons. The number of amides is 3. The number of hydrogen-bond acceptors (Lipinski definition) is 4. The molecule has 1 atom stereocenters. The number of hydrogen-bond donors (Lipinski definition) is 3. The van der Waals surface area contributed by atoms with Crippen LogP contribution in [0.5, 0.6) is 0 Å². The van der Waals surface area contributed by atoms with E-state index in [0.717, 1.165) is 0 Å². The number of carboxylic acids is 1. The van der Waals surface area contributed by atoms with Crippen molar-refractivity contribution in [2.75, 3.05) is 32.8 Å². The van der Waals surface area contributed by atoms with Crippen LogP contribution < -0.4 is 10.6 Å². The zero-order valence-electron chi connectivity index (χ0n) is 10.1. The Morgan fingerprint density at radius 2 is 2.06 bits per heavy atom. The molecule has 0 saturated carbocycles. The fraction of sp³-hybridized carbons (Fsp3) is 0.700. The maximum absolute atomic E-state index is 11.7. The fourth-order valence-electron chi connectivity index (χ4n) is 1.52. The van der Waals surface area contributed by atoms with Crippen molar-refractivity contribution >= 4 is 17.9 Å². The molecule has 0 aromatic carbocycles. The lowest BCUT2D eigenvalue weighted by Gasteiger charge is -2.33. The van der Waals surface area contributed by atoms with Gasteiger partial charge in [-0.15, -0.1) is 0 Å². The third-order valence-electron chi connectivity index (χ3n) is 2.47. The Bertz CT molecular complexity index is 333. The Kier molecular flexibility index (Phi) is 5.37. The van der Waals surface area contributed by atoms with Crippen molar-refractivity contribution in [3.05, 3.63) is 0 Å². The maximum Gasteiger partial charge on any atom is 0.322 e. The molecule has 0 aliphatic carbocycles.